The largest absolute Gasteiger partial charge is 0.352 e. The number of hydrogen-bond donors (Lipinski definition) is 1. The normalized spacial score (nSPS) is 12.2. The van der Waals surface area contributed by atoms with Gasteiger partial charge in [-0.15, -0.1) is 0 Å². The molecule has 0 aliphatic carbocycles. The predicted octanol–water partition coefficient (Wildman–Crippen LogP) is 6.47. The minimum Gasteiger partial charge on any atom is -0.352 e. The Bertz CT molecular complexity index is 1460. The Morgan fingerprint density at radius 2 is 1.63 bits per heavy atom. The van der Waals surface area contributed by atoms with Gasteiger partial charge in [-0.1, -0.05) is 81.6 Å². The first-order valence-corrected chi connectivity index (χ1v) is 16.6. The summed E-state index contributed by atoms with van der Waals surface area (Å²) in [5, 5.41) is 3.54. The molecular weight excluding hydrogens is 649 g/mol. The molecule has 0 aliphatic rings. The number of amides is 2. The summed E-state index contributed by atoms with van der Waals surface area (Å²) in [6, 6.07) is 20.8. The molecule has 11 heteroatoms. The highest BCUT2D eigenvalue weighted by Crippen LogP contribution is 2.31. The van der Waals surface area contributed by atoms with E-state index in [-0.39, 0.29) is 54.5 Å². The quantitative estimate of drug-likeness (QED) is 0.224. The molecule has 7 nitrogen and oxygen atoms in total. The van der Waals surface area contributed by atoms with Crippen molar-refractivity contribution in [3.05, 3.63) is 98.4 Å². The van der Waals surface area contributed by atoms with E-state index in [1.54, 1.807) is 11.0 Å². The molecule has 1 N–H and O–H groups in total. The topological polar surface area (TPSA) is 86.8 Å². The molecule has 0 radical (unpaired) electrons. The molecule has 0 heterocycles. The zero-order valence-electron chi connectivity index (χ0n) is 23.2. The number of hydrogen-bond acceptors (Lipinski definition) is 4. The lowest BCUT2D eigenvalue weighted by molar-refractivity contribution is -0.141. The third-order valence-electron chi connectivity index (χ3n) is 6.27. The van der Waals surface area contributed by atoms with Crippen molar-refractivity contribution in [1.82, 2.24) is 10.2 Å². The molecule has 0 saturated carbocycles. The van der Waals surface area contributed by atoms with Gasteiger partial charge in [0, 0.05) is 41.5 Å². The molecule has 0 aliphatic heterocycles. The zero-order chi connectivity index (χ0) is 30.2. The van der Waals surface area contributed by atoms with Crippen LogP contribution in [0.5, 0.6) is 0 Å². The highest BCUT2D eigenvalue weighted by molar-refractivity contribution is 9.10. The number of benzene rings is 3. The second kappa shape index (κ2) is 15.0. The van der Waals surface area contributed by atoms with Crippen LogP contribution in [0.4, 0.5) is 5.69 Å². The lowest BCUT2D eigenvalue weighted by Crippen LogP contribution is -2.51. The summed E-state index contributed by atoms with van der Waals surface area (Å²) >= 11 is 15.9. The van der Waals surface area contributed by atoms with E-state index in [1.807, 2.05) is 68.4 Å². The van der Waals surface area contributed by atoms with Crippen molar-refractivity contribution >= 4 is 66.7 Å². The number of nitrogens with zero attached hydrogens (tertiary/aromatic N) is 2. The SMILES string of the molecule is CC(C)NC(=O)[C@@H](Cc1ccccc1)N(Cc1cccc(Br)c1)C(=O)CCCN(c1cc(Cl)ccc1Cl)S(C)(=O)=O. The second-order valence-corrected chi connectivity index (χ2v) is 13.7. The van der Waals surface area contributed by atoms with E-state index in [0.29, 0.717) is 11.4 Å². The van der Waals surface area contributed by atoms with Gasteiger partial charge in [-0.05, 0) is 61.7 Å². The summed E-state index contributed by atoms with van der Waals surface area (Å²) in [5.41, 5.74) is 2.02. The van der Waals surface area contributed by atoms with Gasteiger partial charge in [-0.3, -0.25) is 13.9 Å². The molecule has 3 aromatic carbocycles. The fraction of sp³-hybridized carbons (Fsp3) is 0.333. The van der Waals surface area contributed by atoms with Gasteiger partial charge in [0.2, 0.25) is 21.8 Å². The summed E-state index contributed by atoms with van der Waals surface area (Å²) in [6.45, 7) is 3.96. The monoisotopic (exact) mass is 681 g/mol. The Morgan fingerprint density at radius 1 is 0.951 bits per heavy atom. The van der Waals surface area contributed by atoms with Crippen LogP contribution in [0, 0.1) is 0 Å². The van der Waals surface area contributed by atoms with Gasteiger partial charge >= 0.3 is 0 Å². The van der Waals surface area contributed by atoms with Crippen LogP contribution in [0.3, 0.4) is 0 Å². The minimum absolute atomic E-state index is 0.0108. The molecule has 3 aromatic rings. The first-order chi connectivity index (χ1) is 19.3. The Morgan fingerprint density at radius 3 is 2.27 bits per heavy atom. The van der Waals surface area contributed by atoms with E-state index < -0.39 is 16.1 Å². The summed E-state index contributed by atoms with van der Waals surface area (Å²) in [4.78, 5) is 28.9. The Labute approximate surface area is 261 Å². The molecule has 41 heavy (non-hydrogen) atoms. The van der Waals surface area contributed by atoms with Crippen LogP contribution >= 0.6 is 39.1 Å². The lowest BCUT2D eigenvalue weighted by Gasteiger charge is -2.32. The van der Waals surface area contributed by atoms with Crippen molar-refractivity contribution in [2.75, 3.05) is 17.1 Å². The summed E-state index contributed by atoms with van der Waals surface area (Å²) in [5.74, 6) is -0.522. The van der Waals surface area contributed by atoms with Gasteiger partial charge in [0.25, 0.3) is 0 Å². The maximum atomic E-state index is 13.9. The van der Waals surface area contributed by atoms with Crippen molar-refractivity contribution in [2.24, 2.45) is 0 Å². The van der Waals surface area contributed by atoms with Crippen LogP contribution in [0.15, 0.2) is 77.3 Å². The smallest absolute Gasteiger partial charge is 0.243 e. The lowest BCUT2D eigenvalue weighted by atomic mass is 10.0. The van der Waals surface area contributed by atoms with E-state index in [9.17, 15) is 18.0 Å². The maximum Gasteiger partial charge on any atom is 0.243 e. The Balaban J connectivity index is 1.90. The van der Waals surface area contributed by atoms with E-state index in [1.165, 1.54) is 12.1 Å². The Kier molecular flexibility index (Phi) is 12.1. The standard InChI is InChI=1S/C30H34BrCl2N3O4S/c1-21(2)34-30(38)28(18-22-9-5-4-6-10-22)35(20-23-11-7-12-24(31)17-23)29(37)13-8-16-36(41(3,39)40)27-19-25(32)14-15-26(27)33/h4-7,9-12,14-15,17,19,21,28H,8,13,16,18,20H2,1-3H3,(H,34,38)/t28-/m1/s1. The molecule has 220 valence electrons. The van der Waals surface area contributed by atoms with Crippen LogP contribution < -0.4 is 9.62 Å². The number of halogens is 3. The van der Waals surface area contributed by atoms with Gasteiger partial charge in [0.1, 0.15) is 6.04 Å². The van der Waals surface area contributed by atoms with E-state index in [0.717, 1.165) is 26.2 Å². The minimum atomic E-state index is -3.72. The van der Waals surface area contributed by atoms with Gasteiger partial charge in [-0.2, -0.15) is 0 Å². The van der Waals surface area contributed by atoms with Crippen molar-refractivity contribution < 1.29 is 18.0 Å². The average Bonchev–Trinajstić information content (AvgIpc) is 2.89. The molecule has 0 aromatic heterocycles. The number of sulfonamides is 1. The zero-order valence-corrected chi connectivity index (χ0v) is 27.1. The second-order valence-electron chi connectivity index (χ2n) is 10.1. The molecule has 0 fully saturated rings. The average molecular weight is 683 g/mol. The highest BCUT2D eigenvalue weighted by atomic mass is 79.9. The van der Waals surface area contributed by atoms with Crippen LogP contribution in [-0.4, -0.2) is 50.0 Å². The third-order valence-corrected chi connectivity index (χ3v) is 8.50. The molecule has 0 spiro atoms. The first kappa shape index (κ1) is 32.9. The van der Waals surface area contributed by atoms with E-state index >= 15 is 0 Å². The van der Waals surface area contributed by atoms with Crippen molar-refractivity contribution in [2.45, 2.75) is 51.7 Å². The summed E-state index contributed by atoms with van der Waals surface area (Å²) in [7, 11) is -3.72. The third kappa shape index (κ3) is 10.0. The van der Waals surface area contributed by atoms with E-state index in [4.69, 9.17) is 23.2 Å². The number of nitrogens with one attached hydrogen (secondary N) is 1. The van der Waals surface area contributed by atoms with Crippen molar-refractivity contribution in [1.29, 1.82) is 0 Å². The molecular formula is C30H34BrCl2N3O4S. The Hall–Kier alpha value is -2.59. The van der Waals surface area contributed by atoms with Crippen molar-refractivity contribution in [3.63, 3.8) is 0 Å². The predicted molar refractivity (Wildman–Crippen MR) is 170 cm³/mol. The van der Waals surface area contributed by atoms with Gasteiger partial charge in [-0.25, -0.2) is 8.42 Å². The van der Waals surface area contributed by atoms with Gasteiger partial charge in [0.15, 0.2) is 0 Å². The first-order valence-electron chi connectivity index (χ1n) is 13.2. The summed E-state index contributed by atoms with van der Waals surface area (Å²) < 4.78 is 27.3. The van der Waals surface area contributed by atoms with Crippen LogP contribution in [-0.2, 0) is 32.6 Å². The molecule has 3 rings (SSSR count). The maximum absolute atomic E-state index is 13.9. The number of carbonyl (C=O) groups is 2. The number of anilines is 1. The van der Waals surface area contributed by atoms with Crippen molar-refractivity contribution in [3.8, 4) is 0 Å². The molecule has 0 unspecified atom stereocenters. The molecule has 0 saturated heterocycles. The molecule has 0 bridgehead atoms. The fourth-order valence-corrected chi connectivity index (χ4v) is 6.28. The van der Waals surface area contributed by atoms with E-state index in [2.05, 4.69) is 21.2 Å². The van der Waals surface area contributed by atoms with Gasteiger partial charge in [0.05, 0.1) is 17.0 Å². The summed E-state index contributed by atoms with van der Waals surface area (Å²) in [6.07, 6.45) is 1.62. The number of carbonyl (C=O) groups excluding carboxylic acids is 2. The molecule has 1 atom stereocenters. The fourth-order valence-electron chi connectivity index (χ4n) is 4.43. The molecule has 2 amide bonds. The highest BCUT2D eigenvalue weighted by Gasteiger charge is 2.31. The van der Waals surface area contributed by atoms with Crippen LogP contribution in [0.1, 0.15) is 37.8 Å². The van der Waals surface area contributed by atoms with Gasteiger partial charge < -0.3 is 10.2 Å². The van der Waals surface area contributed by atoms with Crippen LogP contribution in [0.25, 0.3) is 0 Å². The number of rotatable bonds is 13. The van der Waals surface area contributed by atoms with Crippen LogP contribution in [0.2, 0.25) is 10.0 Å².